The number of benzene rings is 1. The van der Waals surface area contributed by atoms with Crippen LogP contribution in [0, 0.1) is 0 Å². The smallest absolute Gasteiger partial charge is 0.0897 e. The molecule has 0 radical (unpaired) electrons. The lowest BCUT2D eigenvalue weighted by molar-refractivity contribution is 0.00630. The molecule has 0 heterocycles. The molecule has 96 valence electrons. The first-order valence-electron chi connectivity index (χ1n) is 5.82. The first-order chi connectivity index (χ1) is 8.08. The largest absolute Gasteiger partial charge is 0.389 e. The first-order valence-corrected chi connectivity index (χ1v) is 6.62. The molecule has 0 aliphatic heterocycles. The standard InChI is InChI=1S/C13H20BrNO2/c1-10(2)17-9-13(16)8-15-7-11-4-3-5-12(14)6-11/h3-6,10,13,15-16H,7-9H2,1-2H3. The number of rotatable bonds is 7. The van der Waals surface area contributed by atoms with Gasteiger partial charge >= 0.3 is 0 Å². The fourth-order valence-electron chi connectivity index (χ4n) is 1.39. The zero-order chi connectivity index (χ0) is 12.7. The Morgan fingerprint density at radius 2 is 2.18 bits per heavy atom. The predicted octanol–water partition coefficient (Wildman–Crippen LogP) is 2.32. The molecule has 2 N–H and O–H groups in total. The topological polar surface area (TPSA) is 41.5 Å². The molecule has 1 rings (SSSR count). The van der Waals surface area contributed by atoms with Gasteiger partial charge in [-0.2, -0.15) is 0 Å². The highest BCUT2D eigenvalue weighted by Gasteiger charge is 2.05. The second-order valence-electron chi connectivity index (χ2n) is 4.30. The van der Waals surface area contributed by atoms with Crippen molar-refractivity contribution in [2.24, 2.45) is 0 Å². The van der Waals surface area contributed by atoms with Crippen LogP contribution >= 0.6 is 15.9 Å². The highest BCUT2D eigenvalue weighted by molar-refractivity contribution is 9.10. The first kappa shape index (κ1) is 14.6. The maximum absolute atomic E-state index is 9.63. The van der Waals surface area contributed by atoms with Gasteiger partial charge in [0, 0.05) is 17.6 Å². The molecule has 0 aliphatic rings. The molecule has 4 heteroatoms. The normalized spacial score (nSPS) is 13.0. The summed E-state index contributed by atoms with van der Waals surface area (Å²) in [6, 6.07) is 8.10. The van der Waals surface area contributed by atoms with E-state index in [9.17, 15) is 5.11 Å². The van der Waals surface area contributed by atoms with Gasteiger partial charge in [0.15, 0.2) is 0 Å². The Balaban J connectivity index is 2.19. The summed E-state index contributed by atoms with van der Waals surface area (Å²) in [5.74, 6) is 0. The summed E-state index contributed by atoms with van der Waals surface area (Å²) < 4.78 is 6.40. The zero-order valence-corrected chi connectivity index (χ0v) is 11.9. The van der Waals surface area contributed by atoms with Crippen LogP contribution in [0.5, 0.6) is 0 Å². The van der Waals surface area contributed by atoms with Crippen molar-refractivity contribution in [2.75, 3.05) is 13.2 Å². The van der Waals surface area contributed by atoms with Crippen LogP contribution in [0.4, 0.5) is 0 Å². The molecular formula is C13H20BrNO2. The summed E-state index contributed by atoms with van der Waals surface area (Å²) in [7, 11) is 0. The predicted molar refractivity (Wildman–Crippen MR) is 72.9 cm³/mol. The molecule has 0 spiro atoms. The zero-order valence-electron chi connectivity index (χ0n) is 10.3. The van der Waals surface area contributed by atoms with Crippen molar-refractivity contribution in [1.82, 2.24) is 5.32 Å². The lowest BCUT2D eigenvalue weighted by Crippen LogP contribution is -2.31. The van der Waals surface area contributed by atoms with Crippen LogP contribution in [0.1, 0.15) is 19.4 Å². The van der Waals surface area contributed by atoms with Gasteiger partial charge in [0.05, 0.1) is 18.8 Å². The van der Waals surface area contributed by atoms with Gasteiger partial charge in [-0.3, -0.25) is 0 Å². The van der Waals surface area contributed by atoms with E-state index in [-0.39, 0.29) is 6.10 Å². The fourth-order valence-corrected chi connectivity index (χ4v) is 1.84. The third-order valence-corrected chi connectivity index (χ3v) is 2.71. The molecule has 0 aliphatic carbocycles. The van der Waals surface area contributed by atoms with Gasteiger partial charge in [0.25, 0.3) is 0 Å². The summed E-state index contributed by atoms with van der Waals surface area (Å²) >= 11 is 3.43. The molecule has 0 aromatic heterocycles. The third kappa shape index (κ3) is 6.78. The van der Waals surface area contributed by atoms with E-state index in [2.05, 4.69) is 33.4 Å². The lowest BCUT2D eigenvalue weighted by Gasteiger charge is -2.14. The number of hydrogen-bond donors (Lipinski definition) is 2. The maximum Gasteiger partial charge on any atom is 0.0897 e. The maximum atomic E-state index is 9.63. The van der Waals surface area contributed by atoms with Crippen molar-refractivity contribution < 1.29 is 9.84 Å². The number of aliphatic hydroxyl groups excluding tert-OH is 1. The highest BCUT2D eigenvalue weighted by atomic mass is 79.9. The van der Waals surface area contributed by atoms with E-state index in [1.54, 1.807) is 0 Å². The number of hydrogen-bond acceptors (Lipinski definition) is 3. The van der Waals surface area contributed by atoms with Crippen LogP contribution in [-0.2, 0) is 11.3 Å². The van der Waals surface area contributed by atoms with E-state index in [4.69, 9.17) is 4.74 Å². The Bertz CT molecular complexity index is 331. The van der Waals surface area contributed by atoms with Gasteiger partial charge in [-0.25, -0.2) is 0 Å². The van der Waals surface area contributed by atoms with E-state index in [0.29, 0.717) is 13.2 Å². The summed E-state index contributed by atoms with van der Waals surface area (Å²) in [6.07, 6.45) is -0.292. The van der Waals surface area contributed by atoms with Crippen LogP contribution < -0.4 is 5.32 Å². The summed E-state index contributed by atoms with van der Waals surface area (Å²) in [5, 5.41) is 12.8. The summed E-state index contributed by atoms with van der Waals surface area (Å²) in [4.78, 5) is 0. The number of aliphatic hydroxyl groups is 1. The fraction of sp³-hybridized carbons (Fsp3) is 0.538. The third-order valence-electron chi connectivity index (χ3n) is 2.22. The molecule has 1 unspecified atom stereocenters. The average Bonchev–Trinajstić information content (AvgIpc) is 2.26. The monoisotopic (exact) mass is 301 g/mol. The minimum absolute atomic E-state index is 0.162. The van der Waals surface area contributed by atoms with Gasteiger partial charge in [-0.15, -0.1) is 0 Å². The van der Waals surface area contributed by atoms with E-state index < -0.39 is 6.10 Å². The number of nitrogens with one attached hydrogen (secondary N) is 1. The van der Waals surface area contributed by atoms with Crippen molar-refractivity contribution in [2.45, 2.75) is 32.6 Å². The van der Waals surface area contributed by atoms with Gasteiger partial charge < -0.3 is 15.2 Å². The quantitative estimate of drug-likeness (QED) is 0.812. The molecule has 0 saturated heterocycles. The second kappa shape index (κ2) is 7.82. The Morgan fingerprint density at radius 1 is 1.41 bits per heavy atom. The summed E-state index contributed by atoms with van der Waals surface area (Å²) in [6.45, 7) is 5.59. The van der Waals surface area contributed by atoms with Crippen molar-refractivity contribution >= 4 is 15.9 Å². The van der Waals surface area contributed by atoms with E-state index >= 15 is 0 Å². The number of ether oxygens (including phenoxy) is 1. The Hall–Kier alpha value is -0.420. The molecule has 1 aromatic rings. The van der Waals surface area contributed by atoms with Crippen LogP contribution in [0.25, 0.3) is 0 Å². The van der Waals surface area contributed by atoms with Crippen LogP contribution in [0.3, 0.4) is 0 Å². The Labute approximate surface area is 111 Å². The van der Waals surface area contributed by atoms with Crippen molar-refractivity contribution in [1.29, 1.82) is 0 Å². The second-order valence-corrected chi connectivity index (χ2v) is 5.21. The molecule has 1 atom stereocenters. The van der Waals surface area contributed by atoms with E-state index in [1.165, 1.54) is 5.56 Å². The number of halogens is 1. The van der Waals surface area contributed by atoms with Crippen molar-refractivity contribution in [3.63, 3.8) is 0 Å². The SMILES string of the molecule is CC(C)OCC(O)CNCc1cccc(Br)c1. The van der Waals surface area contributed by atoms with Gasteiger partial charge in [-0.1, -0.05) is 28.1 Å². The van der Waals surface area contributed by atoms with E-state index in [0.717, 1.165) is 11.0 Å². The molecule has 1 aromatic carbocycles. The molecule has 3 nitrogen and oxygen atoms in total. The van der Waals surface area contributed by atoms with Gasteiger partial charge in [-0.05, 0) is 31.5 Å². The molecule has 0 amide bonds. The molecule has 0 bridgehead atoms. The van der Waals surface area contributed by atoms with Crippen LogP contribution in [0.2, 0.25) is 0 Å². The van der Waals surface area contributed by atoms with Crippen LogP contribution in [-0.4, -0.2) is 30.5 Å². The highest BCUT2D eigenvalue weighted by Crippen LogP contribution is 2.11. The molecular weight excluding hydrogens is 282 g/mol. The minimum Gasteiger partial charge on any atom is -0.389 e. The summed E-state index contributed by atoms with van der Waals surface area (Å²) in [5.41, 5.74) is 1.19. The van der Waals surface area contributed by atoms with E-state index in [1.807, 2.05) is 26.0 Å². The van der Waals surface area contributed by atoms with Crippen molar-refractivity contribution in [3.8, 4) is 0 Å². The van der Waals surface area contributed by atoms with Crippen LogP contribution in [0.15, 0.2) is 28.7 Å². The molecule has 17 heavy (non-hydrogen) atoms. The Morgan fingerprint density at radius 3 is 2.82 bits per heavy atom. The van der Waals surface area contributed by atoms with Crippen molar-refractivity contribution in [3.05, 3.63) is 34.3 Å². The minimum atomic E-state index is -0.454. The molecule has 0 fully saturated rings. The lowest BCUT2D eigenvalue weighted by atomic mass is 10.2. The average molecular weight is 302 g/mol. The Kier molecular flexibility index (Phi) is 6.73. The van der Waals surface area contributed by atoms with Gasteiger partial charge in [0.1, 0.15) is 0 Å². The molecule has 0 saturated carbocycles. The van der Waals surface area contributed by atoms with Gasteiger partial charge in [0.2, 0.25) is 0 Å².